The van der Waals surface area contributed by atoms with Crippen LogP contribution in [-0.4, -0.2) is 16.8 Å². The zero-order chi connectivity index (χ0) is 10.4. The van der Waals surface area contributed by atoms with E-state index in [1.54, 1.807) is 0 Å². The fourth-order valence-electron chi connectivity index (χ4n) is 1.79. The van der Waals surface area contributed by atoms with Crippen LogP contribution >= 0.6 is 0 Å². The summed E-state index contributed by atoms with van der Waals surface area (Å²) < 4.78 is 48.4. The molecule has 5 nitrogen and oxygen atoms in total. The summed E-state index contributed by atoms with van der Waals surface area (Å²) in [5.74, 6) is 0. The van der Waals surface area contributed by atoms with Gasteiger partial charge in [0.05, 0.1) is 0 Å². The van der Waals surface area contributed by atoms with Gasteiger partial charge >= 0.3 is 0 Å². The van der Waals surface area contributed by atoms with Gasteiger partial charge in [-0.25, -0.2) is 16.8 Å². The molecule has 0 saturated carbocycles. The van der Waals surface area contributed by atoms with E-state index in [-0.39, 0.29) is 9.81 Å². The lowest BCUT2D eigenvalue weighted by Crippen LogP contribution is -1.98. The van der Waals surface area contributed by atoms with Gasteiger partial charge in [-0.1, -0.05) is 6.42 Å². The fourth-order valence-corrected chi connectivity index (χ4v) is 5.76. The van der Waals surface area contributed by atoms with E-state index in [4.69, 9.17) is 0 Å². The van der Waals surface area contributed by atoms with Gasteiger partial charge in [-0.3, -0.25) is 0 Å². The third kappa shape index (κ3) is 1.49. The molecule has 14 heavy (non-hydrogen) atoms. The SMILES string of the molecule is O=S1(=O)[N-]S(=O)(=O)C2=C1CCCCC2. The number of rotatable bonds is 0. The maximum Gasteiger partial charge on any atom is 0.109 e. The molecule has 80 valence electrons. The summed E-state index contributed by atoms with van der Waals surface area (Å²) in [6.45, 7) is 0. The molecule has 0 unspecified atom stereocenters. The summed E-state index contributed by atoms with van der Waals surface area (Å²) in [4.78, 5) is 0.0741. The first kappa shape index (κ1) is 10.1. The minimum atomic E-state index is -3.86. The second-order valence-corrected chi connectivity index (χ2v) is 6.91. The number of sulfonamides is 2. The van der Waals surface area contributed by atoms with Crippen LogP contribution in [-0.2, 0) is 20.0 Å². The zero-order valence-electron chi connectivity index (χ0n) is 7.43. The van der Waals surface area contributed by atoms with Crippen LogP contribution in [0.5, 0.6) is 0 Å². The van der Waals surface area contributed by atoms with E-state index in [0.717, 1.165) is 19.3 Å². The molecule has 0 aromatic carbocycles. The van der Waals surface area contributed by atoms with Crippen LogP contribution in [0.15, 0.2) is 9.81 Å². The lowest BCUT2D eigenvalue weighted by Gasteiger charge is -2.11. The molecule has 0 aromatic rings. The van der Waals surface area contributed by atoms with E-state index in [1.165, 1.54) is 0 Å². The highest BCUT2D eigenvalue weighted by atomic mass is 32.3. The van der Waals surface area contributed by atoms with Crippen molar-refractivity contribution >= 4 is 20.0 Å². The summed E-state index contributed by atoms with van der Waals surface area (Å²) in [5, 5.41) is 0. The standard InChI is InChI=1S/C7H10NO4S2/c9-13(10)6-4-2-1-3-5-7(6)14(11,12)8-13/h1-5H2/q-1. The van der Waals surface area contributed by atoms with Crippen LogP contribution in [0, 0.1) is 0 Å². The van der Waals surface area contributed by atoms with Crippen LogP contribution in [0.2, 0.25) is 0 Å². The van der Waals surface area contributed by atoms with Crippen molar-refractivity contribution in [1.82, 2.24) is 0 Å². The number of hydrogen-bond donors (Lipinski definition) is 0. The largest absolute Gasteiger partial charge is 0.428 e. The summed E-state index contributed by atoms with van der Waals surface area (Å²) in [5.41, 5.74) is 0. The normalized spacial score (nSPS) is 29.7. The van der Waals surface area contributed by atoms with Crippen LogP contribution < -0.4 is 0 Å². The molecule has 0 fully saturated rings. The summed E-state index contributed by atoms with van der Waals surface area (Å²) in [6, 6.07) is 0. The molecule has 0 N–H and O–H groups in total. The van der Waals surface area contributed by atoms with Crippen molar-refractivity contribution in [2.24, 2.45) is 0 Å². The fraction of sp³-hybridized carbons (Fsp3) is 0.714. The molecule has 0 aromatic heterocycles. The highest BCUT2D eigenvalue weighted by molar-refractivity contribution is 8.18. The Kier molecular flexibility index (Phi) is 2.20. The first-order chi connectivity index (χ1) is 6.43. The van der Waals surface area contributed by atoms with Gasteiger partial charge in [0.25, 0.3) is 0 Å². The molecule has 1 heterocycles. The van der Waals surface area contributed by atoms with E-state index >= 15 is 0 Å². The van der Waals surface area contributed by atoms with Crippen molar-refractivity contribution in [3.05, 3.63) is 13.9 Å². The van der Waals surface area contributed by atoms with Crippen molar-refractivity contribution in [3.63, 3.8) is 0 Å². The van der Waals surface area contributed by atoms with E-state index < -0.39 is 20.0 Å². The van der Waals surface area contributed by atoms with Crippen LogP contribution in [0.1, 0.15) is 32.1 Å². The molecule has 0 atom stereocenters. The van der Waals surface area contributed by atoms with Gasteiger partial charge in [0.15, 0.2) is 0 Å². The van der Waals surface area contributed by atoms with Crippen LogP contribution in [0.4, 0.5) is 0 Å². The van der Waals surface area contributed by atoms with Gasteiger partial charge in [0.1, 0.15) is 20.0 Å². The van der Waals surface area contributed by atoms with Crippen molar-refractivity contribution in [3.8, 4) is 0 Å². The third-order valence-electron chi connectivity index (χ3n) is 2.44. The predicted octanol–water partition coefficient (Wildman–Crippen LogP) is 1.21. The molecule has 2 aliphatic rings. The van der Waals surface area contributed by atoms with E-state index in [9.17, 15) is 16.8 Å². The smallest absolute Gasteiger partial charge is 0.109 e. The van der Waals surface area contributed by atoms with Crippen molar-refractivity contribution in [2.45, 2.75) is 32.1 Å². The zero-order valence-corrected chi connectivity index (χ0v) is 9.07. The molecule has 2 rings (SSSR count). The molecule has 0 saturated heterocycles. The second kappa shape index (κ2) is 3.04. The van der Waals surface area contributed by atoms with E-state index in [0.29, 0.717) is 12.8 Å². The Hall–Kier alpha value is -0.400. The predicted molar refractivity (Wildman–Crippen MR) is 51.3 cm³/mol. The Balaban J connectivity index is 2.62. The molecule has 1 aliphatic carbocycles. The highest BCUT2D eigenvalue weighted by Crippen LogP contribution is 2.42. The van der Waals surface area contributed by atoms with Gasteiger partial charge in [-0.2, -0.15) is 0 Å². The number of nitrogens with zero attached hydrogens (tertiary/aromatic N) is 1. The second-order valence-electron chi connectivity index (χ2n) is 3.43. The average molecular weight is 236 g/mol. The molecule has 0 spiro atoms. The molecular formula is C7H10NO4S2-. The monoisotopic (exact) mass is 236 g/mol. The number of allylic oxidation sites excluding steroid dienone is 2. The Morgan fingerprint density at radius 1 is 0.786 bits per heavy atom. The third-order valence-corrected chi connectivity index (χ3v) is 6.28. The lowest BCUT2D eigenvalue weighted by molar-refractivity contribution is 0.602. The maximum absolute atomic E-state index is 11.4. The molecule has 0 amide bonds. The topological polar surface area (TPSA) is 82.4 Å². The molecular weight excluding hydrogens is 226 g/mol. The molecule has 7 heteroatoms. The summed E-state index contributed by atoms with van der Waals surface area (Å²) in [7, 11) is -7.72. The van der Waals surface area contributed by atoms with Gasteiger partial charge in [-0.15, -0.1) is 0 Å². The Morgan fingerprint density at radius 3 is 1.64 bits per heavy atom. The van der Waals surface area contributed by atoms with Crippen LogP contribution in [0.3, 0.4) is 0 Å². The number of hydrogen-bond acceptors (Lipinski definition) is 4. The minimum absolute atomic E-state index is 0.0370. The van der Waals surface area contributed by atoms with Crippen molar-refractivity contribution in [1.29, 1.82) is 0 Å². The summed E-state index contributed by atoms with van der Waals surface area (Å²) in [6.07, 6.45) is 2.96. The van der Waals surface area contributed by atoms with Gasteiger partial charge < -0.3 is 4.13 Å². The molecule has 0 bridgehead atoms. The first-order valence-corrected chi connectivity index (χ1v) is 7.28. The van der Waals surface area contributed by atoms with Gasteiger partial charge in [0, 0.05) is 9.81 Å². The van der Waals surface area contributed by atoms with Crippen molar-refractivity contribution < 1.29 is 16.8 Å². The quantitative estimate of drug-likeness (QED) is 0.633. The minimum Gasteiger partial charge on any atom is -0.428 e. The average Bonchev–Trinajstić information content (AvgIpc) is 2.27. The Bertz CT molecular complexity index is 442. The Morgan fingerprint density at radius 2 is 1.21 bits per heavy atom. The lowest BCUT2D eigenvalue weighted by atomic mass is 10.2. The molecule has 0 radical (unpaired) electrons. The van der Waals surface area contributed by atoms with Crippen LogP contribution in [0.25, 0.3) is 4.13 Å². The Labute approximate surface area is 83.3 Å². The summed E-state index contributed by atoms with van der Waals surface area (Å²) >= 11 is 0. The maximum atomic E-state index is 11.4. The van der Waals surface area contributed by atoms with E-state index in [1.807, 2.05) is 0 Å². The van der Waals surface area contributed by atoms with Crippen molar-refractivity contribution in [2.75, 3.05) is 0 Å². The highest BCUT2D eigenvalue weighted by Gasteiger charge is 2.30. The van der Waals surface area contributed by atoms with E-state index in [2.05, 4.69) is 4.13 Å². The van der Waals surface area contributed by atoms with Gasteiger partial charge in [-0.05, 0) is 25.7 Å². The first-order valence-electron chi connectivity index (χ1n) is 4.40. The van der Waals surface area contributed by atoms with Gasteiger partial charge in [0.2, 0.25) is 0 Å². The molecule has 1 aliphatic heterocycles.